The third kappa shape index (κ3) is 4.47. The van der Waals surface area contributed by atoms with Crippen molar-refractivity contribution in [2.24, 2.45) is 5.92 Å². The number of rotatable bonds is 6. The van der Waals surface area contributed by atoms with Crippen LogP contribution in [0.2, 0.25) is 0 Å². The van der Waals surface area contributed by atoms with E-state index in [1.54, 1.807) is 14.2 Å². The Balaban J connectivity index is 2.69. The van der Waals surface area contributed by atoms with E-state index >= 15 is 0 Å². The molecule has 0 aromatic heterocycles. The molecule has 0 aliphatic rings. The van der Waals surface area contributed by atoms with Gasteiger partial charge < -0.3 is 14.8 Å². The highest BCUT2D eigenvalue weighted by molar-refractivity contribution is 5.79. The molecule has 106 valence electrons. The van der Waals surface area contributed by atoms with Crippen LogP contribution in [0.3, 0.4) is 0 Å². The van der Waals surface area contributed by atoms with Crippen LogP contribution in [0, 0.1) is 5.92 Å². The summed E-state index contributed by atoms with van der Waals surface area (Å²) in [7, 11) is 3.18. The summed E-state index contributed by atoms with van der Waals surface area (Å²) < 4.78 is 10.4. The van der Waals surface area contributed by atoms with Gasteiger partial charge in [-0.15, -0.1) is 0 Å². The van der Waals surface area contributed by atoms with Crippen LogP contribution in [0.4, 0.5) is 0 Å². The molecule has 0 radical (unpaired) electrons. The quantitative estimate of drug-likeness (QED) is 0.859. The van der Waals surface area contributed by atoms with Gasteiger partial charge in [-0.05, 0) is 30.5 Å². The Morgan fingerprint density at radius 2 is 1.79 bits per heavy atom. The van der Waals surface area contributed by atoms with Crippen molar-refractivity contribution in [3.63, 3.8) is 0 Å². The van der Waals surface area contributed by atoms with Gasteiger partial charge in [-0.25, -0.2) is 0 Å². The first-order valence-corrected chi connectivity index (χ1v) is 6.48. The third-order valence-corrected chi connectivity index (χ3v) is 3.20. The van der Waals surface area contributed by atoms with Crippen molar-refractivity contribution in [3.8, 4) is 11.5 Å². The lowest BCUT2D eigenvalue weighted by Gasteiger charge is -2.17. The molecule has 1 atom stereocenters. The molecule has 4 heteroatoms. The van der Waals surface area contributed by atoms with Gasteiger partial charge in [0.15, 0.2) is 11.5 Å². The van der Waals surface area contributed by atoms with Gasteiger partial charge in [0.1, 0.15) is 0 Å². The number of ether oxygens (including phenoxy) is 2. The second-order valence-corrected chi connectivity index (χ2v) is 4.97. The number of methoxy groups -OCH3 is 2. The number of amides is 1. The maximum absolute atomic E-state index is 11.9. The standard InChI is InChI=1S/C15H23NO3/c1-10(2)11(3)16-15(17)9-12-6-7-13(18-4)14(8-12)19-5/h6-8,10-11H,9H2,1-5H3,(H,16,17). The average molecular weight is 265 g/mol. The smallest absolute Gasteiger partial charge is 0.224 e. The predicted octanol–water partition coefficient (Wildman–Crippen LogP) is 2.41. The largest absolute Gasteiger partial charge is 0.493 e. The van der Waals surface area contributed by atoms with Crippen molar-refractivity contribution in [2.75, 3.05) is 14.2 Å². The van der Waals surface area contributed by atoms with Gasteiger partial charge in [-0.2, -0.15) is 0 Å². The lowest BCUT2D eigenvalue weighted by Crippen LogP contribution is -2.37. The van der Waals surface area contributed by atoms with Crippen molar-refractivity contribution < 1.29 is 14.3 Å². The molecule has 1 amide bonds. The Kier molecular flexibility index (Phi) is 5.67. The summed E-state index contributed by atoms with van der Waals surface area (Å²) in [5, 5.41) is 2.98. The maximum Gasteiger partial charge on any atom is 0.224 e. The first kappa shape index (κ1) is 15.3. The molecule has 1 unspecified atom stereocenters. The Hall–Kier alpha value is -1.71. The lowest BCUT2D eigenvalue weighted by molar-refractivity contribution is -0.121. The van der Waals surface area contributed by atoms with Crippen LogP contribution in [0.25, 0.3) is 0 Å². The minimum absolute atomic E-state index is 0.0217. The highest BCUT2D eigenvalue weighted by atomic mass is 16.5. The van der Waals surface area contributed by atoms with Crippen LogP contribution < -0.4 is 14.8 Å². The van der Waals surface area contributed by atoms with Gasteiger partial charge in [0.2, 0.25) is 5.91 Å². The topological polar surface area (TPSA) is 47.6 Å². The summed E-state index contributed by atoms with van der Waals surface area (Å²) >= 11 is 0. The molecular weight excluding hydrogens is 242 g/mol. The monoisotopic (exact) mass is 265 g/mol. The van der Waals surface area contributed by atoms with Crippen LogP contribution in [-0.4, -0.2) is 26.2 Å². The van der Waals surface area contributed by atoms with E-state index in [2.05, 4.69) is 19.2 Å². The molecule has 1 N–H and O–H groups in total. The van der Waals surface area contributed by atoms with Gasteiger partial charge in [0, 0.05) is 6.04 Å². The van der Waals surface area contributed by atoms with Crippen LogP contribution in [0.1, 0.15) is 26.3 Å². The molecule has 1 aromatic carbocycles. The molecule has 1 rings (SSSR count). The van der Waals surface area contributed by atoms with Crippen LogP contribution >= 0.6 is 0 Å². The molecule has 0 bridgehead atoms. The average Bonchev–Trinajstić information content (AvgIpc) is 2.38. The van der Waals surface area contributed by atoms with Crippen molar-refractivity contribution in [2.45, 2.75) is 33.2 Å². The van der Waals surface area contributed by atoms with E-state index in [0.29, 0.717) is 23.8 Å². The second kappa shape index (κ2) is 7.02. The van der Waals surface area contributed by atoms with Gasteiger partial charge in [-0.1, -0.05) is 19.9 Å². The number of benzene rings is 1. The van der Waals surface area contributed by atoms with Crippen molar-refractivity contribution in [3.05, 3.63) is 23.8 Å². The Labute approximate surface area is 115 Å². The molecule has 19 heavy (non-hydrogen) atoms. The summed E-state index contributed by atoms with van der Waals surface area (Å²) in [4.78, 5) is 11.9. The Morgan fingerprint density at radius 3 is 2.32 bits per heavy atom. The SMILES string of the molecule is COc1ccc(CC(=O)NC(C)C(C)C)cc1OC. The zero-order chi connectivity index (χ0) is 14.4. The van der Waals surface area contributed by atoms with E-state index in [-0.39, 0.29) is 11.9 Å². The van der Waals surface area contributed by atoms with Crippen molar-refractivity contribution >= 4 is 5.91 Å². The molecule has 0 saturated heterocycles. The van der Waals surface area contributed by atoms with Crippen LogP contribution in [0.5, 0.6) is 11.5 Å². The molecule has 0 fully saturated rings. The summed E-state index contributed by atoms with van der Waals surface area (Å²) in [6, 6.07) is 5.69. The molecule has 0 aliphatic heterocycles. The van der Waals surface area contributed by atoms with Gasteiger partial charge in [0.25, 0.3) is 0 Å². The van der Waals surface area contributed by atoms with E-state index in [4.69, 9.17) is 9.47 Å². The van der Waals surface area contributed by atoms with Gasteiger partial charge in [0.05, 0.1) is 20.6 Å². The number of carbonyl (C=O) groups excluding carboxylic acids is 1. The van der Waals surface area contributed by atoms with E-state index in [0.717, 1.165) is 5.56 Å². The van der Waals surface area contributed by atoms with Crippen LogP contribution in [-0.2, 0) is 11.2 Å². The maximum atomic E-state index is 11.9. The normalized spacial score (nSPS) is 12.1. The molecule has 0 spiro atoms. The number of nitrogens with one attached hydrogen (secondary N) is 1. The van der Waals surface area contributed by atoms with Gasteiger partial charge >= 0.3 is 0 Å². The summed E-state index contributed by atoms with van der Waals surface area (Å²) in [6.45, 7) is 6.18. The summed E-state index contributed by atoms with van der Waals surface area (Å²) in [6.07, 6.45) is 0.345. The number of hydrogen-bond donors (Lipinski definition) is 1. The van der Waals surface area contributed by atoms with Gasteiger partial charge in [-0.3, -0.25) is 4.79 Å². The highest BCUT2D eigenvalue weighted by Gasteiger charge is 2.12. The second-order valence-electron chi connectivity index (χ2n) is 4.97. The lowest BCUT2D eigenvalue weighted by atomic mass is 10.1. The molecule has 0 heterocycles. The first-order valence-electron chi connectivity index (χ1n) is 6.48. The zero-order valence-electron chi connectivity index (χ0n) is 12.3. The first-order chi connectivity index (χ1) is 8.97. The minimum atomic E-state index is 0.0217. The predicted molar refractivity (Wildman–Crippen MR) is 75.7 cm³/mol. The Morgan fingerprint density at radius 1 is 1.16 bits per heavy atom. The summed E-state index contributed by atoms with van der Waals surface area (Å²) in [5.41, 5.74) is 0.908. The van der Waals surface area contributed by atoms with Crippen LogP contribution in [0.15, 0.2) is 18.2 Å². The van der Waals surface area contributed by atoms with E-state index < -0.39 is 0 Å². The fourth-order valence-electron chi connectivity index (χ4n) is 1.65. The fraction of sp³-hybridized carbons (Fsp3) is 0.533. The molecule has 1 aromatic rings. The number of hydrogen-bond acceptors (Lipinski definition) is 3. The zero-order valence-corrected chi connectivity index (χ0v) is 12.3. The molecular formula is C15H23NO3. The third-order valence-electron chi connectivity index (χ3n) is 3.20. The Bertz CT molecular complexity index is 429. The fourth-order valence-corrected chi connectivity index (χ4v) is 1.65. The minimum Gasteiger partial charge on any atom is -0.493 e. The van der Waals surface area contributed by atoms with E-state index in [1.807, 2.05) is 25.1 Å². The van der Waals surface area contributed by atoms with E-state index in [1.165, 1.54) is 0 Å². The molecule has 0 saturated carbocycles. The highest BCUT2D eigenvalue weighted by Crippen LogP contribution is 2.27. The van der Waals surface area contributed by atoms with Crippen molar-refractivity contribution in [1.82, 2.24) is 5.32 Å². The molecule has 4 nitrogen and oxygen atoms in total. The number of carbonyl (C=O) groups is 1. The van der Waals surface area contributed by atoms with Crippen molar-refractivity contribution in [1.29, 1.82) is 0 Å². The summed E-state index contributed by atoms with van der Waals surface area (Å²) in [5.74, 6) is 1.76. The molecule has 0 aliphatic carbocycles. The van der Waals surface area contributed by atoms with E-state index in [9.17, 15) is 4.79 Å².